The van der Waals surface area contributed by atoms with Crippen molar-refractivity contribution in [1.82, 2.24) is 5.32 Å². The molecule has 20 heavy (non-hydrogen) atoms. The molecule has 2 rings (SSSR count). The zero-order valence-corrected chi connectivity index (χ0v) is 11.8. The fourth-order valence-corrected chi connectivity index (χ4v) is 2.31. The van der Waals surface area contributed by atoms with Crippen molar-refractivity contribution in [3.05, 3.63) is 38.9 Å². The third-order valence-corrected chi connectivity index (χ3v) is 3.65. The van der Waals surface area contributed by atoms with E-state index in [4.69, 9.17) is 16.3 Å². The molecule has 1 heterocycles. The van der Waals surface area contributed by atoms with Crippen LogP contribution in [0.25, 0.3) is 0 Å². The summed E-state index contributed by atoms with van der Waals surface area (Å²) in [6.45, 7) is 3.03. The van der Waals surface area contributed by atoms with E-state index in [1.165, 1.54) is 18.2 Å². The topological polar surface area (TPSA) is 81.5 Å². The van der Waals surface area contributed by atoms with E-state index >= 15 is 0 Å². The number of nitro groups is 1. The SMILES string of the molecule is CC1(NC(=O)c2cc(Cl)ccc2[N+](=O)[O-])CCOCC1. The zero-order valence-electron chi connectivity index (χ0n) is 11.0. The molecule has 0 unspecified atom stereocenters. The molecule has 1 aliphatic rings. The predicted molar refractivity (Wildman–Crippen MR) is 74.0 cm³/mol. The lowest BCUT2D eigenvalue weighted by atomic mass is 9.92. The number of benzene rings is 1. The minimum absolute atomic E-state index is 0.0183. The summed E-state index contributed by atoms with van der Waals surface area (Å²) in [5.74, 6) is -0.483. The van der Waals surface area contributed by atoms with Crippen LogP contribution >= 0.6 is 11.6 Å². The number of ether oxygens (including phenoxy) is 1. The van der Waals surface area contributed by atoms with E-state index in [2.05, 4.69) is 5.32 Å². The maximum atomic E-state index is 12.3. The molecule has 1 fully saturated rings. The van der Waals surface area contributed by atoms with Crippen molar-refractivity contribution in [3.8, 4) is 0 Å². The molecular formula is C13H15ClN2O4. The highest BCUT2D eigenvalue weighted by Gasteiger charge is 2.31. The van der Waals surface area contributed by atoms with Crippen molar-refractivity contribution in [2.45, 2.75) is 25.3 Å². The van der Waals surface area contributed by atoms with Gasteiger partial charge >= 0.3 is 0 Å². The molecule has 0 bridgehead atoms. The maximum absolute atomic E-state index is 12.3. The van der Waals surface area contributed by atoms with Gasteiger partial charge in [0.15, 0.2) is 0 Å². The van der Waals surface area contributed by atoms with Gasteiger partial charge in [-0.3, -0.25) is 14.9 Å². The van der Waals surface area contributed by atoms with E-state index in [0.717, 1.165) is 0 Å². The summed E-state index contributed by atoms with van der Waals surface area (Å²) >= 11 is 5.82. The Bertz CT molecular complexity index is 541. The van der Waals surface area contributed by atoms with E-state index in [9.17, 15) is 14.9 Å². The molecule has 1 aromatic carbocycles. The molecule has 0 saturated carbocycles. The average molecular weight is 299 g/mol. The number of carbonyl (C=O) groups excluding carboxylic acids is 1. The molecule has 108 valence electrons. The van der Waals surface area contributed by atoms with Crippen LogP contribution < -0.4 is 5.32 Å². The van der Waals surface area contributed by atoms with Crippen LogP contribution in [0, 0.1) is 10.1 Å². The molecule has 7 heteroatoms. The Kier molecular flexibility index (Phi) is 4.25. The molecule has 0 radical (unpaired) electrons. The van der Waals surface area contributed by atoms with Crippen LogP contribution in [0.15, 0.2) is 18.2 Å². The van der Waals surface area contributed by atoms with Crippen molar-refractivity contribution in [1.29, 1.82) is 0 Å². The van der Waals surface area contributed by atoms with Gasteiger partial charge in [0, 0.05) is 29.8 Å². The smallest absolute Gasteiger partial charge is 0.282 e. The van der Waals surface area contributed by atoms with E-state index in [0.29, 0.717) is 26.1 Å². The second-order valence-corrected chi connectivity index (χ2v) is 5.48. The molecule has 0 atom stereocenters. The number of rotatable bonds is 3. The molecule has 1 saturated heterocycles. The third-order valence-electron chi connectivity index (χ3n) is 3.41. The summed E-state index contributed by atoms with van der Waals surface area (Å²) in [6, 6.07) is 3.95. The second kappa shape index (κ2) is 5.76. The molecule has 6 nitrogen and oxygen atoms in total. The van der Waals surface area contributed by atoms with Crippen molar-refractivity contribution in [2.24, 2.45) is 0 Å². The van der Waals surface area contributed by atoms with Gasteiger partial charge in [0.1, 0.15) is 5.56 Å². The fraction of sp³-hybridized carbons (Fsp3) is 0.462. The molecule has 1 N–H and O–H groups in total. The Labute approximate surface area is 121 Å². The van der Waals surface area contributed by atoms with Gasteiger partial charge in [-0.1, -0.05) is 11.6 Å². The standard InChI is InChI=1S/C13H15ClN2O4/c1-13(4-6-20-7-5-13)15-12(17)10-8-9(14)2-3-11(10)16(18)19/h2-3,8H,4-7H2,1H3,(H,15,17). The molecule has 1 amide bonds. The number of hydrogen-bond acceptors (Lipinski definition) is 4. The van der Waals surface area contributed by atoms with Crippen LogP contribution in [0.1, 0.15) is 30.1 Å². The minimum Gasteiger partial charge on any atom is -0.381 e. The van der Waals surface area contributed by atoms with E-state index in [1.807, 2.05) is 6.92 Å². The van der Waals surface area contributed by atoms with Gasteiger partial charge in [-0.2, -0.15) is 0 Å². The van der Waals surface area contributed by atoms with Crippen molar-refractivity contribution in [3.63, 3.8) is 0 Å². The number of carbonyl (C=O) groups is 1. The molecule has 1 aliphatic heterocycles. The van der Waals surface area contributed by atoms with Crippen LogP contribution in [0.5, 0.6) is 0 Å². The summed E-state index contributed by atoms with van der Waals surface area (Å²) in [5.41, 5.74) is -0.677. The molecule has 0 spiro atoms. The van der Waals surface area contributed by atoms with Crippen LogP contribution in [-0.2, 0) is 4.74 Å². The maximum Gasteiger partial charge on any atom is 0.282 e. The third kappa shape index (κ3) is 3.26. The van der Waals surface area contributed by atoms with E-state index in [-0.39, 0.29) is 16.3 Å². The predicted octanol–water partition coefficient (Wildman–Crippen LogP) is 2.55. The number of nitrogens with one attached hydrogen (secondary N) is 1. The highest BCUT2D eigenvalue weighted by molar-refractivity contribution is 6.31. The van der Waals surface area contributed by atoms with Crippen molar-refractivity contribution < 1.29 is 14.5 Å². The number of amides is 1. The Morgan fingerprint density at radius 3 is 2.70 bits per heavy atom. The van der Waals surface area contributed by atoms with Crippen LogP contribution in [-0.4, -0.2) is 29.6 Å². The van der Waals surface area contributed by atoms with E-state index in [1.54, 1.807) is 0 Å². The summed E-state index contributed by atoms with van der Waals surface area (Å²) in [6.07, 6.45) is 1.35. The van der Waals surface area contributed by atoms with Gasteiger partial charge in [0.05, 0.1) is 4.92 Å². The van der Waals surface area contributed by atoms with Gasteiger partial charge < -0.3 is 10.1 Å². The van der Waals surface area contributed by atoms with Crippen LogP contribution in [0.4, 0.5) is 5.69 Å². The lowest BCUT2D eigenvalue weighted by Gasteiger charge is -2.34. The largest absolute Gasteiger partial charge is 0.381 e. The first-order chi connectivity index (χ1) is 9.41. The number of nitrogens with zero attached hydrogens (tertiary/aromatic N) is 1. The molecular weight excluding hydrogens is 284 g/mol. The number of halogens is 1. The Balaban J connectivity index is 2.24. The first-order valence-corrected chi connectivity index (χ1v) is 6.63. The second-order valence-electron chi connectivity index (χ2n) is 5.05. The van der Waals surface area contributed by atoms with Crippen molar-refractivity contribution >= 4 is 23.2 Å². The monoisotopic (exact) mass is 298 g/mol. The average Bonchev–Trinajstić information content (AvgIpc) is 2.38. The molecule has 1 aromatic rings. The van der Waals surface area contributed by atoms with Gasteiger partial charge in [-0.05, 0) is 31.9 Å². The summed E-state index contributed by atoms with van der Waals surface area (Å²) in [5, 5.41) is 14.1. The van der Waals surface area contributed by atoms with Crippen LogP contribution in [0.2, 0.25) is 5.02 Å². The van der Waals surface area contributed by atoms with Crippen LogP contribution in [0.3, 0.4) is 0 Å². The van der Waals surface area contributed by atoms with Gasteiger partial charge in [0.2, 0.25) is 0 Å². The highest BCUT2D eigenvalue weighted by atomic mass is 35.5. The summed E-state index contributed by atoms with van der Waals surface area (Å²) in [4.78, 5) is 22.7. The molecule has 0 aromatic heterocycles. The normalized spacial score (nSPS) is 17.5. The quantitative estimate of drug-likeness (QED) is 0.687. The van der Waals surface area contributed by atoms with Gasteiger partial charge in [-0.25, -0.2) is 0 Å². The first kappa shape index (κ1) is 14.7. The molecule has 0 aliphatic carbocycles. The van der Waals surface area contributed by atoms with Gasteiger partial charge in [-0.15, -0.1) is 0 Å². The highest BCUT2D eigenvalue weighted by Crippen LogP contribution is 2.25. The minimum atomic E-state index is -0.586. The van der Waals surface area contributed by atoms with E-state index < -0.39 is 16.4 Å². The number of hydrogen-bond donors (Lipinski definition) is 1. The summed E-state index contributed by atoms with van der Waals surface area (Å²) < 4.78 is 5.25. The number of nitro benzene ring substituents is 1. The lowest BCUT2D eigenvalue weighted by molar-refractivity contribution is -0.385. The Morgan fingerprint density at radius 2 is 2.10 bits per heavy atom. The summed E-state index contributed by atoms with van der Waals surface area (Å²) in [7, 11) is 0. The lowest BCUT2D eigenvalue weighted by Crippen LogP contribution is -2.49. The van der Waals surface area contributed by atoms with Gasteiger partial charge in [0.25, 0.3) is 11.6 Å². The fourth-order valence-electron chi connectivity index (χ4n) is 2.14. The zero-order chi connectivity index (χ0) is 14.8. The first-order valence-electron chi connectivity index (χ1n) is 6.25. The Morgan fingerprint density at radius 1 is 1.45 bits per heavy atom. The van der Waals surface area contributed by atoms with Crippen molar-refractivity contribution in [2.75, 3.05) is 13.2 Å². The Hall–Kier alpha value is -1.66.